The molecular formula is C30H28F3N5O. The topological polar surface area (TPSA) is 53.4 Å². The Morgan fingerprint density at radius 3 is 2.03 bits per heavy atom. The Balaban J connectivity index is 1.44. The molecule has 0 fully saturated rings. The summed E-state index contributed by atoms with van der Waals surface area (Å²) in [5.41, 5.74) is 5.32. The normalized spacial score (nSPS) is 13.3. The highest BCUT2D eigenvalue weighted by Gasteiger charge is 2.30. The highest BCUT2D eigenvalue weighted by atomic mass is 19.4. The number of carbonyl (C=O) groups is 1. The fourth-order valence-electron chi connectivity index (χ4n) is 4.49. The molecule has 0 saturated carbocycles. The highest BCUT2D eigenvalue weighted by Crippen LogP contribution is 2.32. The average molecular weight is 532 g/mol. The molecule has 1 aliphatic rings. The van der Waals surface area contributed by atoms with Crippen LogP contribution in [0.25, 0.3) is 28.1 Å². The van der Waals surface area contributed by atoms with E-state index in [1.165, 1.54) is 12.1 Å². The van der Waals surface area contributed by atoms with Gasteiger partial charge in [-0.05, 0) is 53.6 Å². The number of rotatable bonds is 7. The fourth-order valence-corrected chi connectivity index (χ4v) is 4.49. The van der Waals surface area contributed by atoms with Crippen LogP contribution >= 0.6 is 0 Å². The average Bonchev–Trinajstić information content (AvgIpc) is 3.58. The molecule has 1 aliphatic heterocycles. The molecule has 3 aromatic carbocycles. The van der Waals surface area contributed by atoms with Gasteiger partial charge in [-0.2, -0.15) is 18.3 Å². The molecule has 4 aromatic rings. The zero-order chi connectivity index (χ0) is 27.6. The monoisotopic (exact) mass is 531 g/mol. The lowest BCUT2D eigenvalue weighted by molar-refractivity contribution is -0.137. The second-order valence-electron chi connectivity index (χ2n) is 9.44. The Morgan fingerprint density at radius 2 is 1.46 bits per heavy atom. The van der Waals surface area contributed by atoms with Crippen LogP contribution in [0, 0.1) is 0 Å². The van der Waals surface area contributed by atoms with Gasteiger partial charge in [0.2, 0.25) is 5.91 Å². The molecule has 0 saturated heterocycles. The first-order valence-electron chi connectivity index (χ1n) is 12.5. The number of nitrogens with one attached hydrogen (secondary N) is 1. The number of aryl methyl sites for hydroxylation is 1. The van der Waals surface area contributed by atoms with E-state index in [-0.39, 0.29) is 5.91 Å². The highest BCUT2D eigenvalue weighted by molar-refractivity contribution is 5.76. The minimum atomic E-state index is -4.37. The van der Waals surface area contributed by atoms with Crippen LogP contribution in [0.15, 0.2) is 91.3 Å². The van der Waals surface area contributed by atoms with Crippen LogP contribution < -0.4 is 10.2 Å². The zero-order valence-corrected chi connectivity index (χ0v) is 21.6. The molecule has 6 nitrogen and oxygen atoms in total. The minimum Gasteiger partial charge on any atom is -0.361 e. The number of anilines is 1. The first kappa shape index (κ1) is 26.1. The largest absolute Gasteiger partial charge is 0.416 e. The summed E-state index contributed by atoms with van der Waals surface area (Å²) >= 11 is 0. The molecule has 0 radical (unpaired) electrons. The quantitative estimate of drug-likeness (QED) is 0.314. The number of benzene rings is 3. The van der Waals surface area contributed by atoms with Gasteiger partial charge in [0, 0.05) is 50.6 Å². The second kappa shape index (κ2) is 10.7. The van der Waals surface area contributed by atoms with Gasteiger partial charge in [0.15, 0.2) is 0 Å². The molecule has 0 unspecified atom stereocenters. The summed E-state index contributed by atoms with van der Waals surface area (Å²) < 4.78 is 40.7. The molecule has 1 aromatic heterocycles. The number of amides is 1. The summed E-state index contributed by atoms with van der Waals surface area (Å²) in [7, 11) is 3.63. The van der Waals surface area contributed by atoms with Gasteiger partial charge in [0.1, 0.15) is 0 Å². The predicted octanol–water partition coefficient (Wildman–Crippen LogP) is 6.08. The smallest absolute Gasteiger partial charge is 0.361 e. The van der Waals surface area contributed by atoms with Crippen LogP contribution in [0.3, 0.4) is 0 Å². The second-order valence-corrected chi connectivity index (χ2v) is 9.44. The molecule has 5 rings (SSSR count). The molecular weight excluding hydrogens is 503 g/mol. The van der Waals surface area contributed by atoms with Gasteiger partial charge in [-0.25, -0.2) is 4.68 Å². The summed E-state index contributed by atoms with van der Waals surface area (Å²) in [5.74, 6) is -0.0556. The minimum absolute atomic E-state index is 0.0556. The number of alkyl halides is 3. The van der Waals surface area contributed by atoms with E-state index in [4.69, 9.17) is 5.10 Å². The lowest BCUT2D eigenvalue weighted by atomic mass is 10.0. The lowest BCUT2D eigenvalue weighted by Gasteiger charge is -2.18. The third kappa shape index (κ3) is 5.82. The van der Waals surface area contributed by atoms with Crippen molar-refractivity contribution in [2.75, 3.05) is 25.7 Å². The van der Waals surface area contributed by atoms with Crippen molar-refractivity contribution < 1.29 is 18.0 Å². The Labute approximate surface area is 225 Å². The Bertz CT molecular complexity index is 1470. The molecule has 0 atom stereocenters. The van der Waals surface area contributed by atoms with Crippen molar-refractivity contribution in [3.63, 3.8) is 0 Å². The maximum absolute atomic E-state index is 12.9. The van der Waals surface area contributed by atoms with Crippen LogP contribution in [0.4, 0.5) is 18.9 Å². The lowest BCUT2D eigenvalue weighted by Crippen LogP contribution is -2.21. The summed E-state index contributed by atoms with van der Waals surface area (Å²) in [4.78, 5) is 16.1. The van der Waals surface area contributed by atoms with Crippen LogP contribution in [-0.2, 0) is 17.4 Å². The number of nitrogens with zero attached hydrogens (tertiary/aromatic N) is 4. The van der Waals surface area contributed by atoms with Crippen molar-refractivity contribution in [3.8, 4) is 28.1 Å². The van der Waals surface area contributed by atoms with Crippen molar-refractivity contribution in [1.29, 1.82) is 0 Å². The first-order valence-corrected chi connectivity index (χ1v) is 12.5. The van der Waals surface area contributed by atoms with Gasteiger partial charge in [-0.15, -0.1) is 0 Å². The number of aromatic nitrogens is 2. The third-order valence-electron chi connectivity index (χ3n) is 6.68. The maximum Gasteiger partial charge on any atom is 0.416 e. The van der Waals surface area contributed by atoms with Crippen LogP contribution in [0.2, 0.25) is 0 Å². The molecule has 200 valence electrons. The predicted molar refractivity (Wildman–Crippen MR) is 146 cm³/mol. The molecule has 1 amide bonds. The molecule has 2 heterocycles. The van der Waals surface area contributed by atoms with Crippen molar-refractivity contribution >= 4 is 11.6 Å². The van der Waals surface area contributed by atoms with E-state index in [1.54, 1.807) is 7.05 Å². The number of hydrogen-bond donors (Lipinski definition) is 1. The third-order valence-corrected chi connectivity index (χ3v) is 6.68. The van der Waals surface area contributed by atoms with Gasteiger partial charge in [0.05, 0.1) is 29.3 Å². The molecule has 1 N–H and O–H groups in total. The summed E-state index contributed by atoms with van der Waals surface area (Å²) in [6.45, 7) is 0.779. The molecule has 0 aliphatic carbocycles. The van der Waals surface area contributed by atoms with E-state index in [0.717, 1.165) is 52.7 Å². The summed E-state index contributed by atoms with van der Waals surface area (Å²) in [5, 5.41) is 7.45. The zero-order valence-electron chi connectivity index (χ0n) is 21.6. The molecule has 0 bridgehead atoms. The van der Waals surface area contributed by atoms with Crippen LogP contribution in [0.5, 0.6) is 0 Å². The van der Waals surface area contributed by atoms with Gasteiger partial charge >= 0.3 is 6.18 Å². The molecule has 39 heavy (non-hydrogen) atoms. The maximum atomic E-state index is 12.9. The van der Waals surface area contributed by atoms with Crippen LogP contribution in [0.1, 0.15) is 17.7 Å². The van der Waals surface area contributed by atoms with E-state index < -0.39 is 11.7 Å². The van der Waals surface area contributed by atoms with Crippen LogP contribution in [-0.4, -0.2) is 41.4 Å². The van der Waals surface area contributed by atoms with Gasteiger partial charge in [0.25, 0.3) is 0 Å². The molecule has 9 heteroatoms. The van der Waals surface area contributed by atoms with Crippen molar-refractivity contribution in [1.82, 2.24) is 20.0 Å². The van der Waals surface area contributed by atoms with Gasteiger partial charge in [-0.3, -0.25) is 4.79 Å². The fraction of sp³-hybridized carbons (Fsp3) is 0.200. The number of carbonyl (C=O) groups excluding carboxylic acids is 1. The van der Waals surface area contributed by atoms with Gasteiger partial charge < -0.3 is 15.1 Å². The first-order chi connectivity index (χ1) is 18.7. The van der Waals surface area contributed by atoms with E-state index in [0.29, 0.717) is 18.4 Å². The van der Waals surface area contributed by atoms with Crippen molar-refractivity contribution in [2.45, 2.75) is 19.0 Å². The van der Waals surface area contributed by atoms with E-state index >= 15 is 0 Å². The molecule has 0 spiro atoms. The number of hydrogen-bond acceptors (Lipinski definition) is 4. The number of halogens is 3. The summed E-state index contributed by atoms with van der Waals surface area (Å²) in [6, 6.07) is 22.9. The van der Waals surface area contributed by atoms with Crippen molar-refractivity contribution in [3.05, 3.63) is 103 Å². The van der Waals surface area contributed by atoms with Crippen molar-refractivity contribution in [2.24, 2.45) is 0 Å². The SMILES string of the molecule is CNC(=O)CCc1cc(-c2ccc(-c3ccc(C(F)(F)F)cc3)cc2)n(-c2ccc(N3C=CN(C)C3)cc2)n1. The van der Waals surface area contributed by atoms with Gasteiger partial charge in [-0.1, -0.05) is 36.4 Å². The summed E-state index contributed by atoms with van der Waals surface area (Å²) in [6.07, 6.45) is 0.506. The Morgan fingerprint density at radius 1 is 0.872 bits per heavy atom. The Kier molecular flexibility index (Phi) is 7.15. The standard InChI is InChI=1S/C30H28F3N5O/c1-34-29(39)16-11-25-19-28(38(35-25)27-14-12-26(13-15-27)37-18-17-36(2)20-37)23-5-3-21(4-6-23)22-7-9-24(10-8-22)30(31,32)33/h3-10,12-15,17-19H,11,16,20H2,1-2H3,(H,34,39). The van der Waals surface area contributed by atoms with E-state index in [9.17, 15) is 18.0 Å². The Hall–Kier alpha value is -4.53. The van der Waals surface area contributed by atoms with E-state index in [2.05, 4.69) is 15.1 Å². The van der Waals surface area contributed by atoms with E-state index in [1.807, 2.05) is 78.7 Å².